The van der Waals surface area contributed by atoms with Crippen LogP contribution in [0.25, 0.3) is 0 Å². The molecule has 0 aromatic heterocycles. The van der Waals surface area contributed by atoms with E-state index in [4.69, 9.17) is 0 Å². The molecule has 0 saturated carbocycles. The Morgan fingerprint density at radius 2 is 1.95 bits per heavy atom. The summed E-state index contributed by atoms with van der Waals surface area (Å²) in [6, 6.07) is 14.9. The number of benzene rings is 2. The first-order valence-corrected chi connectivity index (χ1v) is 7.93. The van der Waals surface area contributed by atoms with Crippen molar-refractivity contribution < 1.29 is 5.11 Å². The lowest BCUT2D eigenvalue weighted by molar-refractivity contribution is 0.472. The van der Waals surface area contributed by atoms with Crippen LogP contribution < -0.4 is 5.32 Å². The Labute approximate surface area is 126 Å². The second-order valence-electron chi connectivity index (χ2n) is 5.92. The monoisotopic (exact) mass is 281 g/mol. The Kier molecular flexibility index (Phi) is 4.14. The van der Waals surface area contributed by atoms with Gasteiger partial charge in [0.15, 0.2) is 0 Å². The summed E-state index contributed by atoms with van der Waals surface area (Å²) in [5, 5.41) is 13.3. The topological polar surface area (TPSA) is 32.3 Å². The van der Waals surface area contributed by atoms with Gasteiger partial charge in [-0.05, 0) is 66.6 Å². The highest BCUT2D eigenvalue weighted by Crippen LogP contribution is 2.34. The van der Waals surface area contributed by atoms with Crippen molar-refractivity contribution in [3.8, 4) is 5.75 Å². The first kappa shape index (κ1) is 14.0. The van der Waals surface area contributed by atoms with Crippen LogP contribution in [-0.4, -0.2) is 5.11 Å². The van der Waals surface area contributed by atoms with Crippen LogP contribution in [0.5, 0.6) is 5.75 Å². The molecular formula is C19H23NO. The van der Waals surface area contributed by atoms with Crippen molar-refractivity contribution >= 4 is 5.69 Å². The number of aryl methyl sites for hydroxylation is 2. The zero-order chi connectivity index (χ0) is 14.7. The van der Waals surface area contributed by atoms with Crippen molar-refractivity contribution in [2.24, 2.45) is 0 Å². The zero-order valence-corrected chi connectivity index (χ0v) is 12.6. The molecule has 2 N–H and O–H groups in total. The van der Waals surface area contributed by atoms with Crippen LogP contribution in [0.3, 0.4) is 0 Å². The van der Waals surface area contributed by atoms with Gasteiger partial charge in [-0.2, -0.15) is 0 Å². The normalized spacial score (nSPS) is 17.3. The Bertz CT molecular complexity index is 603. The first-order chi connectivity index (χ1) is 10.3. The first-order valence-electron chi connectivity index (χ1n) is 7.93. The predicted octanol–water partition coefficient (Wildman–Crippen LogP) is 4.83. The van der Waals surface area contributed by atoms with Crippen molar-refractivity contribution in [3.05, 3.63) is 59.2 Å². The summed E-state index contributed by atoms with van der Waals surface area (Å²) in [7, 11) is 0. The van der Waals surface area contributed by atoms with Crippen molar-refractivity contribution in [3.63, 3.8) is 0 Å². The van der Waals surface area contributed by atoms with Gasteiger partial charge >= 0.3 is 0 Å². The molecular weight excluding hydrogens is 258 g/mol. The number of anilines is 1. The third-order valence-electron chi connectivity index (χ3n) is 4.27. The van der Waals surface area contributed by atoms with Gasteiger partial charge in [0.1, 0.15) is 5.75 Å². The Hall–Kier alpha value is -1.96. The fourth-order valence-electron chi connectivity index (χ4n) is 3.21. The molecule has 2 nitrogen and oxygen atoms in total. The van der Waals surface area contributed by atoms with Crippen LogP contribution in [0.1, 0.15) is 48.9 Å². The van der Waals surface area contributed by atoms with Gasteiger partial charge in [-0.15, -0.1) is 0 Å². The number of nitrogens with one attached hydrogen (secondary N) is 1. The third kappa shape index (κ3) is 3.21. The molecule has 1 atom stereocenters. The van der Waals surface area contributed by atoms with Crippen molar-refractivity contribution in [1.82, 2.24) is 0 Å². The van der Waals surface area contributed by atoms with Crippen LogP contribution in [-0.2, 0) is 12.8 Å². The van der Waals surface area contributed by atoms with E-state index in [1.165, 1.54) is 35.2 Å². The van der Waals surface area contributed by atoms with Gasteiger partial charge in [0, 0.05) is 5.69 Å². The average Bonchev–Trinajstić information content (AvgIpc) is 2.49. The smallest absolute Gasteiger partial charge is 0.115 e. The molecule has 1 aliphatic rings. The molecule has 0 spiro atoms. The second-order valence-corrected chi connectivity index (χ2v) is 5.92. The highest BCUT2D eigenvalue weighted by Gasteiger charge is 2.20. The Balaban J connectivity index is 1.77. The number of phenols is 1. The molecule has 1 aliphatic carbocycles. The summed E-state index contributed by atoms with van der Waals surface area (Å²) < 4.78 is 0. The number of hydrogen-bond acceptors (Lipinski definition) is 2. The lowest BCUT2D eigenvalue weighted by atomic mass is 9.87. The molecule has 3 rings (SSSR count). The summed E-state index contributed by atoms with van der Waals surface area (Å²) in [6.45, 7) is 2.21. The molecule has 0 amide bonds. The SMILES string of the molecule is CCCc1ccc(NC2CCCc3cc(O)ccc32)cc1. The Morgan fingerprint density at radius 1 is 1.14 bits per heavy atom. The minimum absolute atomic E-state index is 0.353. The van der Waals surface area contributed by atoms with Gasteiger partial charge in [0.25, 0.3) is 0 Å². The van der Waals surface area contributed by atoms with Gasteiger partial charge < -0.3 is 10.4 Å². The maximum atomic E-state index is 9.62. The lowest BCUT2D eigenvalue weighted by Gasteiger charge is -2.27. The molecule has 0 bridgehead atoms. The number of aromatic hydroxyl groups is 1. The van der Waals surface area contributed by atoms with E-state index in [9.17, 15) is 5.11 Å². The van der Waals surface area contributed by atoms with E-state index in [1.807, 2.05) is 6.07 Å². The van der Waals surface area contributed by atoms with E-state index in [-0.39, 0.29) is 0 Å². The molecule has 110 valence electrons. The quantitative estimate of drug-likeness (QED) is 0.841. The number of phenolic OH excluding ortho intramolecular Hbond substituents is 1. The van der Waals surface area contributed by atoms with E-state index in [0.717, 1.165) is 19.3 Å². The van der Waals surface area contributed by atoms with E-state index >= 15 is 0 Å². The van der Waals surface area contributed by atoms with Crippen molar-refractivity contribution in [2.45, 2.75) is 45.1 Å². The summed E-state index contributed by atoms with van der Waals surface area (Å²) >= 11 is 0. The molecule has 0 radical (unpaired) electrons. The fourth-order valence-corrected chi connectivity index (χ4v) is 3.21. The van der Waals surface area contributed by atoms with Crippen LogP contribution >= 0.6 is 0 Å². The maximum absolute atomic E-state index is 9.62. The second kappa shape index (κ2) is 6.21. The van der Waals surface area contributed by atoms with E-state index < -0.39 is 0 Å². The van der Waals surface area contributed by atoms with Gasteiger partial charge in [-0.1, -0.05) is 31.5 Å². The maximum Gasteiger partial charge on any atom is 0.115 e. The minimum Gasteiger partial charge on any atom is -0.508 e. The van der Waals surface area contributed by atoms with Crippen LogP contribution in [0, 0.1) is 0 Å². The molecule has 21 heavy (non-hydrogen) atoms. The highest BCUT2D eigenvalue weighted by molar-refractivity contribution is 5.49. The summed E-state index contributed by atoms with van der Waals surface area (Å²) in [5.41, 5.74) is 5.19. The van der Waals surface area contributed by atoms with Crippen LogP contribution in [0.15, 0.2) is 42.5 Å². The van der Waals surface area contributed by atoms with Gasteiger partial charge in [-0.3, -0.25) is 0 Å². The highest BCUT2D eigenvalue weighted by atomic mass is 16.3. The molecule has 2 aromatic carbocycles. The minimum atomic E-state index is 0.353. The molecule has 0 fully saturated rings. The number of rotatable bonds is 4. The standard InChI is InChI=1S/C19H23NO/c1-2-4-14-7-9-16(10-8-14)20-19-6-3-5-15-13-17(21)11-12-18(15)19/h7-13,19-21H,2-6H2,1H3. The molecule has 0 aliphatic heterocycles. The molecule has 1 unspecified atom stereocenters. The lowest BCUT2D eigenvalue weighted by Crippen LogP contribution is -2.17. The van der Waals surface area contributed by atoms with E-state index in [2.05, 4.69) is 42.6 Å². The van der Waals surface area contributed by atoms with E-state index in [0.29, 0.717) is 11.8 Å². The van der Waals surface area contributed by atoms with Crippen LogP contribution in [0.2, 0.25) is 0 Å². The van der Waals surface area contributed by atoms with Gasteiger partial charge in [0.05, 0.1) is 6.04 Å². The van der Waals surface area contributed by atoms with E-state index in [1.54, 1.807) is 6.07 Å². The van der Waals surface area contributed by atoms with Crippen molar-refractivity contribution in [2.75, 3.05) is 5.32 Å². The average molecular weight is 281 g/mol. The Morgan fingerprint density at radius 3 is 2.71 bits per heavy atom. The largest absolute Gasteiger partial charge is 0.508 e. The number of hydrogen-bond donors (Lipinski definition) is 2. The fraction of sp³-hybridized carbons (Fsp3) is 0.368. The zero-order valence-electron chi connectivity index (χ0n) is 12.6. The van der Waals surface area contributed by atoms with Crippen molar-refractivity contribution in [1.29, 1.82) is 0 Å². The third-order valence-corrected chi connectivity index (χ3v) is 4.27. The number of fused-ring (bicyclic) bond motifs is 1. The summed E-state index contributed by atoms with van der Waals surface area (Å²) in [5.74, 6) is 0.373. The molecule has 0 heterocycles. The predicted molar refractivity (Wildman–Crippen MR) is 87.8 cm³/mol. The molecule has 2 aromatic rings. The molecule has 2 heteroatoms. The van der Waals surface area contributed by atoms with Crippen LogP contribution in [0.4, 0.5) is 5.69 Å². The summed E-state index contributed by atoms with van der Waals surface area (Å²) in [6.07, 6.45) is 5.71. The summed E-state index contributed by atoms with van der Waals surface area (Å²) in [4.78, 5) is 0. The van der Waals surface area contributed by atoms with Gasteiger partial charge in [-0.25, -0.2) is 0 Å². The molecule has 0 saturated heterocycles. The van der Waals surface area contributed by atoms with Gasteiger partial charge in [0.2, 0.25) is 0 Å².